The molecule has 4 heteroatoms. The molecule has 1 N–H and O–H groups in total. The minimum atomic E-state index is 1.05. The maximum absolute atomic E-state index is 4.17. The fourth-order valence-corrected chi connectivity index (χ4v) is 1.59. The molecule has 1 aromatic heterocycles. The van der Waals surface area contributed by atoms with Crippen molar-refractivity contribution in [3.63, 3.8) is 0 Å². The highest BCUT2D eigenvalue weighted by Gasteiger charge is 2.00. The fraction of sp³-hybridized carbons (Fsp3) is 0.500. The van der Waals surface area contributed by atoms with Gasteiger partial charge in [-0.05, 0) is 12.3 Å². The Morgan fingerprint density at radius 3 is 2.93 bits per heavy atom. The first-order valence-electron chi connectivity index (χ1n) is 4.61. The van der Waals surface area contributed by atoms with E-state index in [0.29, 0.717) is 0 Å². The third-order valence-electron chi connectivity index (χ3n) is 2.08. The van der Waals surface area contributed by atoms with E-state index in [1.165, 1.54) is 0 Å². The Hall–Kier alpha value is -0.900. The van der Waals surface area contributed by atoms with Gasteiger partial charge in [0.25, 0.3) is 0 Å². The maximum atomic E-state index is 4.17. The summed E-state index contributed by atoms with van der Waals surface area (Å²) in [5.74, 6) is 1.14. The zero-order valence-corrected chi connectivity index (χ0v) is 9.77. The second-order valence-corrected chi connectivity index (χ2v) is 4.08. The highest BCUT2D eigenvalue weighted by atomic mass is 32.2. The number of nitrogens with one attached hydrogen (secondary N) is 1. The Bertz CT molecular complexity index is 278. The highest BCUT2D eigenvalue weighted by Crippen LogP contribution is 2.15. The number of nitrogens with zero attached hydrogens (tertiary/aromatic N) is 2. The molecule has 0 radical (unpaired) electrons. The average molecular weight is 211 g/mol. The number of hydrogen-bond donors (Lipinski definition) is 1. The van der Waals surface area contributed by atoms with Gasteiger partial charge in [0, 0.05) is 26.4 Å². The van der Waals surface area contributed by atoms with Crippen molar-refractivity contribution in [1.29, 1.82) is 0 Å². The molecule has 0 aliphatic heterocycles. The van der Waals surface area contributed by atoms with Crippen LogP contribution in [0.5, 0.6) is 0 Å². The average Bonchev–Trinajstić information content (AvgIpc) is 2.26. The van der Waals surface area contributed by atoms with Crippen LogP contribution < -0.4 is 10.2 Å². The zero-order chi connectivity index (χ0) is 10.4. The van der Waals surface area contributed by atoms with Crippen molar-refractivity contribution in [2.75, 3.05) is 42.9 Å². The number of pyridine rings is 1. The molecule has 1 aromatic rings. The second-order valence-electron chi connectivity index (χ2n) is 3.10. The van der Waals surface area contributed by atoms with Crippen molar-refractivity contribution in [1.82, 2.24) is 4.98 Å². The van der Waals surface area contributed by atoms with Crippen LogP contribution in [0.25, 0.3) is 0 Å². The van der Waals surface area contributed by atoms with Crippen LogP contribution in [0.15, 0.2) is 18.5 Å². The smallest absolute Gasteiger partial charge is 0.0571 e. The summed E-state index contributed by atoms with van der Waals surface area (Å²) in [4.78, 5) is 6.39. The van der Waals surface area contributed by atoms with Gasteiger partial charge >= 0.3 is 0 Å². The molecule has 0 atom stereocenters. The zero-order valence-electron chi connectivity index (χ0n) is 8.95. The van der Waals surface area contributed by atoms with E-state index >= 15 is 0 Å². The standard InChI is InChI=1S/C10H17N3S/c1-11-9-6-10(8-12-7-9)13(2)4-5-14-3/h6-8,11H,4-5H2,1-3H3. The molecule has 1 rings (SSSR count). The van der Waals surface area contributed by atoms with Gasteiger partial charge in [-0.1, -0.05) is 0 Å². The molecule has 0 aromatic carbocycles. The first-order valence-corrected chi connectivity index (χ1v) is 6.00. The van der Waals surface area contributed by atoms with Crippen LogP contribution in [-0.4, -0.2) is 37.6 Å². The molecule has 0 saturated carbocycles. The highest BCUT2D eigenvalue weighted by molar-refractivity contribution is 7.98. The molecule has 0 unspecified atom stereocenters. The monoisotopic (exact) mass is 211 g/mol. The Morgan fingerprint density at radius 1 is 1.50 bits per heavy atom. The summed E-state index contributed by atoms with van der Waals surface area (Å²) in [6, 6.07) is 2.10. The van der Waals surface area contributed by atoms with Crippen LogP contribution in [0.1, 0.15) is 0 Å². The Morgan fingerprint density at radius 2 is 2.29 bits per heavy atom. The third-order valence-corrected chi connectivity index (χ3v) is 2.67. The van der Waals surface area contributed by atoms with Gasteiger partial charge in [0.05, 0.1) is 23.8 Å². The number of thioether (sulfide) groups is 1. The van der Waals surface area contributed by atoms with Crippen molar-refractivity contribution in [3.05, 3.63) is 18.5 Å². The summed E-state index contributed by atoms with van der Waals surface area (Å²) in [7, 11) is 4.00. The van der Waals surface area contributed by atoms with Crippen molar-refractivity contribution >= 4 is 23.1 Å². The molecule has 0 bridgehead atoms. The maximum Gasteiger partial charge on any atom is 0.0571 e. The lowest BCUT2D eigenvalue weighted by atomic mass is 10.3. The molecule has 78 valence electrons. The molecule has 0 aliphatic rings. The minimum Gasteiger partial charge on any atom is -0.387 e. The first-order chi connectivity index (χ1) is 6.77. The minimum absolute atomic E-state index is 1.05. The number of rotatable bonds is 5. The van der Waals surface area contributed by atoms with Gasteiger partial charge in [-0.3, -0.25) is 4.98 Å². The second kappa shape index (κ2) is 5.75. The van der Waals surface area contributed by atoms with Crippen molar-refractivity contribution < 1.29 is 0 Å². The Labute approximate surface area is 89.9 Å². The summed E-state index contributed by atoms with van der Waals surface area (Å²) < 4.78 is 0. The Balaban J connectivity index is 2.64. The van der Waals surface area contributed by atoms with Crippen molar-refractivity contribution in [2.24, 2.45) is 0 Å². The third kappa shape index (κ3) is 3.10. The van der Waals surface area contributed by atoms with Gasteiger partial charge in [0.1, 0.15) is 0 Å². The first kappa shape index (κ1) is 11.2. The largest absolute Gasteiger partial charge is 0.387 e. The van der Waals surface area contributed by atoms with E-state index in [9.17, 15) is 0 Å². The normalized spacial score (nSPS) is 9.93. The molecular weight excluding hydrogens is 194 g/mol. The summed E-state index contributed by atoms with van der Waals surface area (Å²) in [6.45, 7) is 1.05. The SMILES string of the molecule is CNc1cncc(N(C)CCSC)c1. The molecule has 1 heterocycles. The van der Waals surface area contributed by atoms with Gasteiger partial charge in [0.2, 0.25) is 0 Å². The summed E-state index contributed by atoms with van der Waals surface area (Å²) >= 11 is 1.86. The van der Waals surface area contributed by atoms with E-state index in [2.05, 4.69) is 34.6 Å². The molecule has 0 amide bonds. The van der Waals surface area contributed by atoms with Gasteiger partial charge in [0.15, 0.2) is 0 Å². The molecule has 0 saturated heterocycles. The number of aromatic nitrogens is 1. The van der Waals surface area contributed by atoms with Crippen molar-refractivity contribution in [2.45, 2.75) is 0 Å². The van der Waals surface area contributed by atoms with Crippen LogP contribution in [0.3, 0.4) is 0 Å². The molecule has 0 spiro atoms. The summed E-state index contributed by atoms with van der Waals surface area (Å²) in [5, 5.41) is 3.08. The van der Waals surface area contributed by atoms with E-state index in [-0.39, 0.29) is 0 Å². The lowest BCUT2D eigenvalue weighted by Gasteiger charge is -2.18. The van der Waals surface area contributed by atoms with E-state index in [1.807, 2.05) is 31.2 Å². The van der Waals surface area contributed by atoms with Crippen LogP contribution in [-0.2, 0) is 0 Å². The van der Waals surface area contributed by atoms with Crippen LogP contribution in [0.4, 0.5) is 11.4 Å². The topological polar surface area (TPSA) is 28.2 Å². The molecule has 0 aliphatic carbocycles. The van der Waals surface area contributed by atoms with Crippen molar-refractivity contribution in [3.8, 4) is 0 Å². The summed E-state index contributed by atoms with van der Waals surface area (Å²) in [6.07, 6.45) is 5.84. The van der Waals surface area contributed by atoms with E-state index in [1.54, 1.807) is 0 Å². The van der Waals surface area contributed by atoms with Gasteiger partial charge in [-0.2, -0.15) is 11.8 Å². The van der Waals surface area contributed by atoms with E-state index in [0.717, 1.165) is 23.7 Å². The fourth-order valence-electron chi connectivity index (χ4n) is 1.13. The number of hydrogen-bond acceptors (Lipinski definition) is 4. The summed E-state index contributed by atoms with van der Waals surface area (Å²) in [5.41, 5.74) is 2.21. The van der Waals surface area contributed by atoms with E-state index < -0.39 is 0 Å². The molecular formula is C10H17N3S. The van der Waals surface area contributed by atoms with Gasteiger partial charge in [-0.15, -0.1) is 0 Å². The quantitative estimate of drug-likeness (QED) is 0.805. The predicted molar refractivity (Wildman–Crippen MR) is 65.4 cm³/mol. The molecule has 14 heavy (non-hydrogen) atoms. The molecule has 0 fully saturated rings. The lowest BCUT2D eigenvalue weighted by Crippen LogP contribution is -2.20. The van der Waals surface area contributed by atoms with Gasteiger partial charge in [-0.25, -0.2) is 0 Å². The number of anilines is 2. The molecule has 3 nitrogen and oxygen atoms in total. The Kier molecular flexibility index (Phi) is 4.59. The van der Waals surface area contributed by atoms with E-state index in [4.69, 9.17) is 0 Å². The van der Waals surface area contributed by atoms with Crippen LogP contribution >= 0.6 is 11.8 Å². The lowest BCUT2D eigenvalue weighted by molar-refractivity contribution is 0.971. The van der Waals surface area contributed by atoms with Gasteiger partial charge < -0.3 is 10.2 Å². The van der Waals surface area contributed by atoms with Crippen LogP contribution in [0.2, 0.25) is 0 Å². The predicted octanol–water partition coefficient (Wildman–Crippen LogP) is 1.92. The van der Waals surface area contributed by atoms with Crippen LogP contribution in [0, 0.1) is 0 Å².